The Hall–Kier alpha value is 0.560. The van der Waals surface area contributed by atoms with E-state index in [-0.39, 0.29) is 0 Å². The second kappa shape index (κ2) is 11.1. The molecule has 4 aliphatic carbocycles. The Morgan fingerprint density at radius 2 is 0.567 bits per heavy atom. The van der Waals surface area contributed by atoms with E-state index in [4.69, 9.17) is 11.2 Å². The molecule has 4 aliphatic rings. The van der Waals surface area contributed by atoms with E-state index in [2.05, 4.69) is 20.3 Å². The molecule has 0 unspecified atom stereocenters. The van der Waals surface area contributed by atoms with Crippen LogP contribution in [-0.4, -0.2) is 24.2 Å². The summed E-state index contributed by atoms with van der Waals surface area (Å²) in [4.78, 5) is 0. The molecule has 4 nitrogen and oxygen atoms in total. The summed E-state index contributed by atoms with van der Waals surface area (Å²) in [7, 11) is 0. The zero-order valence-corrected chi connectivity index (χ0v) is 20.9. The SMILES string of the molecule is ClP(NC1CCCCC1)(NC1CCCCC1)(NC1CCCCC1)NC1CCCCC1. The van der Waals surface area contributed by atoms with Crippen LogP contribution in [-0.2, 0) is 0 Å². The van der Waals surface area contributed by atoms with Gasteiger partial charge in [-0.15, -0.1) is 0 Å². The summed E-state index contributed by atoms with van der Waals surface area (Å²) >= 11 is 8.02. The molecule has 4 saturated carbocycles. The van der Waals surface area contributed by atoms with Gasteiger partial charge in [0.05, 0.1) is 0 Å². The number of nitrogens with one attached hydrogen (secondary N) is 4. The Balaban J connectivity index is 1.58. The van der Waals surface area contributed by atoms with E-state index in [1.807, 2.05) is 0 Å². The van der Waals surface area contributed by atoms with Gasteiger partial charge in [-0.1, -0.05) is 0 Å². The van der Waals surface area contributed by atoms with Gasteiger partial charge in [0.1, 0.15) is 0 Å². The van der Waals surface area contributed by atoms with E-state index >= 15 is 0 Å². The average Bonchev–Trinajstić information content (AvgIpc) is 2.76. The van der Waals surface area contributed by atoms with Crippen LogP contribution in [0.3, 0.4) is 0 Å². The van der Waals surface area contributed by atoms with E-state index in [0.717, 1.165) is 0 Å². The van der Waals surface area contributed by atoms with Crippen molar-refractivity contribution in [3.63, 3.8) is 0 Å². The normalized spacial score (nSPS) is 28.2. The molecule has 4 rings (SSSR count). The average molecular weight is 459 g/mol. The fourth-order valence-corrected chi connectivity index (χ4v) is 12.4. The fourth-order valence-electron chi connectivity index (χ4n) is 6.52. The molecule has 0 saturated heterocycles. The molecule has 0 aromatic carbocycles. The summed E-state index contributed by atoms with van der Waals surface area (Å²) in [5.41, 5.74) is 0. The van der Waals surface area contributed by atoms with E-state index in [0.29, 0.717) is 24.2 Å². The van der Waals surface area contributed by atoms with Gasteiger partial charge in [-0.2, -0.15) is 0 Å². The monoisotopic (exact) mass is 458 g/mol. The van der Waals surface area contributed by atoms with Crippen molar-refractivity contribution in [2.24, 2.45) is 0 Å². The minimum absolute atomic E-state index is 0.539. The van der Waals surface area contributed by atoms with Gasteiger partial charge in [0.15, 0.2) is 0 Å². The van der Waals surface area contributed by atoms with Crippen LogP contribution < -0.4 is 20.3 Å². The summed E-state index contributed by atoms with van der Waals surface area (Å²) in [6.45, 7) is -3.18. The van der Waals surface area contributed by atoms with Gasteiger partial charge in [0.2, 0.25) is 0 Å². The molecule has 0 heterocycles. The van der Waals surface area contributed by atoms with Gasteiger partial charge < -0.3 is 0 Å². The third-order valence-corrected chi connectivity index (χ3v) is 12.7. The van der Waals surface area contributed by atoms with Crippen LogP contribution in [0.2, 0.25) is 0 Å². The molecular weight excluding hydrogens is 411 g/mol. The maximum absolute atomic E-state index is 8.02. The third kappa shape index (κ3) is 6.78. The van der Waals surface area contributed by atoms with Crippen LogP contribution in [0.25, 0.3) is 0 Å². The van der Waals surface area contributed by atoms with E-state index in [1.165, 1.54) is 128 Å². The molecule has 0 amide bonds. The first-order chi connectivity index (χ1) is 14.6. The Kier molecular flexibility index (Phi) is 8.79. The Morgan fingerprint density at radius 3 is 0.767 bits per heavy atom. The first-order valence-corrected chi connectivity index (χ1v) is 16.6. The van der Waals surface area contributed by atoms with Crippen molar-refractivity contribution in [3.8, 4) is 0 Å². The Morgan fingerprint density at radius 1 is 0.367 bits per heavy atom. The molecule has 0 spiro atoms. The molecule has 6 heteroatoms. The van der Waals surface area contributed by atoms with Crippen molar-refractivity contribution >= 4 is 17.8 Å². The molecule has 0 aliphatic heterocycles. The van der Waals surface area contributed by atoms with E-state index in [1.54, 1.807) is 0 Å². The standard InChI is InChI=1S/C24H48ClN4P/c25-30(26-21-13-5-1-6-14-21,27-22-15-7-2-8-16-22,28-23-17-9-3-10-18-23)29-24-19-11-4-12-20-24/h21-24,26-29H,1-20H2. The van der Waals surface area contributed by atoms with Crippen LogP contribution in [0, 0.1) is 0 Å². The first-order valence-electron chi connectivity index (χ1n) is 13.5. The van der Waals surface area contributed by atoms with Crippen LogP contribution >= 0.6 is 17.8 Å². The van der Waals surface area contributed by atoms with Gasteiger partial charge in [0, 0.05) is 0 Å². The number of hydrogen-bond donors (Lipinski definition) is 4. The quantitative estimate of drug-likeness (QED) is 0.294. The summed E-state index contributed by atoms with van der Waals surface area (Å²) in [5.74, 6) is 0. The van der Waals surface area contributed by atoms with E-state index < -0.39 is 6.56 Å². The van der Waals surface area contributed by atoms with E-state index in [9.17, 15) is 0 Å². The second-order valence-corrected chi connectivity index (χ2v) is 15.9. The number of halogens is 1. The van der Waals surface area contributed by atoms with Crippen molar-refractivity contribution in [2.45, 2.75) is 153 Å². The van der Waals surface area contributed by atoms with Gasteiger partial charge >= 0.3 is 191 Å². The van der Waals surface area contributed by atoms with Crippen molar-refractivity contribution in [2.75, 3.05) is 0 Å². The van der Waals surface area contributed by atoms with Gasteiger partial charge in [-0.3, -0.25) is 0 Å². The van der Waals surface area contributed by atoms with Crippen molar-refractivity contribution < 1.29 is 0 Å². The zero-order valence-electron chi connectivity index (χ0n) is 19.3. The molecule has 30 heavy (non-hydrogen) atoms. The molecule has 4 N–H and O–H groups in total. The molecule has 0 atom stereocenters. The van der Waals surface area contributed by atoms with Crippen LogP contribution in [0.4, 0.5) is 0 Å². The summed E-state index contributed by atoms with van der Waals surface area (Å²) < 4.78 is 0. The first kappa shape index (κ1) is 23.7. The van der Waals surface area contributed by atoms with Crippen LogP contribution in [0.15, 0.2) is 0 Å². The van der Waals surface area contributed by atoms with Crippen molar-refractivity contribution in [1.82, 2.24) is 20.3 Å². The second-order valence-electron chi connectivity index (χ2n) is 10.9. The molecule has 0 radical (unpaired) electrons. The maximum atomic E-state index is 8.02. The van der Waals surface area contributed by atoms with Gasteiger partial charge in [0.25, 0.3) is 0 Å². The summed E-state index contributed by atoms with van der Waals surface area (Å²) in [6, 6.07) is 2.16. The summed E-state index contributed by atoms with van der Waals surface area (Å²) in [6.07, 6.45) is 26.5. The third-order valence-electron chi connectivity index (χ3n) is 8.12. The molecule has 0 aromatic rings. The minimum atomic E-state index is -3.18. The predicted octanol–water partition coefficient (Wildman–Crippen LogP) is 7.04. The topological polar surface area (TPSA) is 48.1 Å². The fraction of sp³-hybridized carbons (Fsp3) is 1.00. The zero-order chi connectivity index (χ0) is 20.7. The van der Waals surface area contributed by atoms with Gasteiger partial charge in [-0.05, 0) is 0 Å². The molecule has 0 aromatic heterocycles. The van der Waals surface area contributed by atoms with Crippen molar-refractivity contribution in [1.29, 1.82) is 0 Å². The molecule has 4 fully saturated rings. The predicted molar refractivity (Wildman–Crippen MR) is 133 cm³/mol. The Bertz CT molecular complexity index is 418. The number of hydrogen-bond acceptors (Lipinski definition) is 4. The Labute approximate surface area is 190 Å². The van der Waals surface area contributed by atoms with Crippen LogP contribution in [0.1, 0.15) is 128 Å². The van der Waals surface area contributed by atoms with Gasteiger partial charge in [-0.25, -0.2) is 0 Å². The molecular formula is C24H48ClN4P. The summed E-state index contributed by atoms with van der Waals surface area (Å²) in [5, 5.41) is 16.6. The van der Waals surface area contributed by atoms with Crippen LogP contribution in [0.5, 0.6) is 0 Å². The number of rotatable bonds is 8. The molecule has 0 bridgehead atoms. The molecule has 176 valence electrons. The van der Waals surface area contributed by atoms with Crippen molar-refractivity contribution in [3.05, 3.63) is 0 Å².